The molecule has 2 N–H and O–H groups in total. The van der Waals surface area contributed by atoms with Crippen LogP contribution in [0.5, 0.6) is 0 Å². The smallest absolute Gasteiger partial charge is 0.324 e. The largest absolute Gasteiger partial charge is 0.325 e. The lowest BCUT2D eigenvalue weighted by Crippen LogP contribution is -1.87. The molecule has 0 aromatic rings. The number of hydrogen-bond donors (Lipinski definition) is 3. The number of rotatable bonds is 4. The van der Waals surface area contributed by atoms with Gasteiger partial charge in [-0.05, 0) is 18.6 Å². The van der Waals surface area contributed by atoms with Gasteiger partial charge in [-0.25, -0.2) is 0 Å². The van der Waals surface area contributed by atoms with Crippen LogP contribution in [0.25, 0.3) is 0 Å². The first kappa shape index (κ1) is 9.50. The molecular formula is C4H11O3PS. The van der Waals surface area contributed by atoms with E-state index in [0.29, 0.717) is 12.2 Å². The van der Waals surface area contributed by atoms with E-state index in [4.69, 9.17) is 9.79 Å². The fourth-order valence-corrected chi connectivity index (χ4v) is 1.29. The highest BCUT2D eigenvalue weighted by Gasteiger charge is 2.10. The molecule has 0 rings (SSSR count). The Bertz CT molecular complexity index is 110. The van der Waals surface area contributed by atoms with Crippen LogP contribution in [0.4, 0.5) is 0 Å². The van der Waals surface area contributed by atoms with Gasteiger partial charge in [0.2, 0.25) is 0 Å². The summed E-state index contributed by atoms with van der Waals surface area (Å²) in [6, 6.07) is 0. The van der Waals surface area contributed by atoms with Gasteiger partial charge >= 0.3 is 7.60 Å². The van der Waals surface area contributed by atoms with Crippen LogP contribution in [0, 0.1) is 0 Å². The normalized spacial score (nSPS) is 11.9. The Kier molecular flexibility index (Phi) is 4.58. The molecule has 0 heterocycles. The van der Waals surface area contributed by atoms with Gasteiger partial charge in [0, 0.05) is 6.16 Å². The van der Waals surface area contributed by atoms with E-state index in [-0.39, 0.29) is 6.16 Å². The zero-order valence-electron chi connectivity index (χ0n) is 5.03. The average Bonchev–Trinajstić information content (AvgIpc) is 1.63. The van der Waals surface area contributed by atoms with Gasteiger partial charge in [-0.2, -0.15) is 12.6 Å². The molecule has 3 nitrogen and oxygen atoms in total. The maximum atomic E-state index is 10.2. The third-order valence-corrected chi connectivity index (χ3v) is 2.07. The molecule has 0 amide bonds. The standard InChI is InChI=1S/C4H11O3PS/c5-8(6,7)3-1-2-4-9/h9H,1-4H2,(H2,5,6,7). The van der Waals surface area contributed by atoms with Gasteiger partial charge in [0.1, 0.15) is 0 Å². The number of hydrogen-bond acceptors (Lipinski definition) is 2. The lowest BCUT2D eigenvalue weighted by atomic mass is 10.4. The van der Waals surface area contributed by atoms with E-state index in [1.165, 1.54) is 0 Å². The first-order valence-electron chi connectivity index (χ1n) is 2.72. The third kappa shape index (κ3) is 8.50. The fraction of sp³-hybridized carbons (Fsp3) is 1.00. The maximum Gasteiger partial charge on any atom is 0.325 e. The maximum absolute atomic E-state index is 10.2. The highest BCUT2D eigenvalue weighted by molar-refractivity contribution is 7.80. The van der Waals surface area contributed by atoms with Crippen molar-refractivity contribution in [3.63, 3.8) is 0 Å². The Morgan fingerprint density at radius 2 is 1.89 bits per heavy atom. The summed E-state index contributed by atoms with van der Waals surface area (Å²) in [6.45, 7) is 0. The van der Waals surface area contributed by atoms with Crippen molar-refractivity contribution in [1.82, 2.24) is 0 Å². The topological polar surface area (TPSA) is 57.5 Å². The van der Waals surface area contributed by atoms with Crippen LogP contribution >= 0.6 is 20.2 Å². The second-order valence-corrected chi connectivity index (χ2v) is 4.04. The monoisotopic (exact) mass is 170 g/mol. The Morgan fingerprint density at radius 1 is 1.33 bits per heavy atom. The van der Waals surface area contributed by atoms with E-state index >= 15 is 0 Å². The predicted octanol–water partition coefficient (Wildman–Crippen LogP) is 0.874. The highest BCUT2D eigenvalue weighted by Crippen LogP contribution is 2.35. The molecule has 0 spiro atoms. The van der Waals surface area contributed by atoms with Crippen molar-refractivity contribution in [1.29, 1.82) is 0 Å². The number of thiol groups is 1. The van der Waals surface area contributed by atoms with E-state index < -0.39 is 7.60 Å². The SMILES string of the molecule is O=P(O)(O)CCCCS. The van der Waals surface area contributed by atoms with Gasteiger partial charge in [0.05, 0.1) is 0 Å². The second-order valence-electron chi connectivity index (χ2n) is 1.82. The lowest BCUT2D eigenvalue weighted by Gasteiger charge is -2.00. The Hall–Kier alpha value is 0.500. The summed E-state index contributed by atoms with van der Waals surface area (Å²) in [5, 5.41) is 0. The summed E-state index contributed by atoms with van der Waals surface area (Å²) in [7, 11) is -3.73. The molecule has 0 atom stereocenters. The van der Waals surface area contributed by atoms with Crippen molar-refractivity contribution in [2.24, 2.45) is 0 Å². The van der Waals surface area contributed by atoms with Crippen LogP contribution in [-0.2, 0) is 4.57 Å². The van der Waals surface area contributed by atoms with Crippen LogP contribution in [-0.4, -0.2) is 21.7 Å². The Balaban J connectivity index is 3.18. The van der Waals surface area contributed by atoms with E-state index in [2.05, 4.69) is 12.6 Å². The van der Waals surface area contributed by atoms with E-state index in [1.807, 2.05) is 0 Å². The molecule has 0 radical (unpaired) electrons. The molecule has 0 aromatic carbocycles. The molecule has 5 heteroatoms. The molecular weight excluding hydrogens is 159 g/mol. The van der Waals surface area contributed by atoms with Crippen molar-refractivity contribution >= 4 is 20.2 Å². The molecule has 0 fully saturated rings. The van der Waals surface area contributed by atoms with Crippen molar-refractivity contribution in [3.8, 4) is 0 Å². The van der Waals surface area contributed by atoms with Crippen LogP contribution in [0.2, 0.25) is 0 Å². The summed E-state index contributed by atoms with van der Waals surface area (Å²) in [6.07, 6.45) is 1.33. The molecule has 0 aliphatic carbocycles. The molecule has 0 aliphatic heterocycles. The van der Waals surface area contributed by atoms with Crippen molar-refractivity contribution < 1.29 is 14.4 Å². The minimum absolute atomic E-state index is 0.00639. The summed E-state index contributed by atoms with van der Waals surface area (Å²) in [5.41, 5.74) is 0. The van der Waals surface area contributed by atoms with Gasteiger partial charge in [0.15, 0.2) is 0 Å². The summed E-state index contributed by atoms with van der Waals surface area (Å²) in [4.78, 5) is 16.7. The van der Waals surface area contributed by atoms with Crippen molar-refractivity contribution in [2.75, 3.05) is 11.9 Å². The molecule has 0 saturated heterocycles. The van der Waals surface area contributed by atoms with Gasteiger partial charge < -0.3 is 9.79 Å². The molecule has 56 valence electrons. The van der Waals surface area contributed by atoms with Crippen LogP contribution in [0.15, 0.2) is 0 Å². The van der Waals surface area contributed by atoms with Crippen LogP contribution in [0.1, 0.15) is 12.8 Å². The number of unbranched alkanes of at least 4 members (excludes halogenated alkanes) is 1. The minimum atomic E-state index is -3.73. The molecule has 0 aliphatic rings. The van der Waals surface area contributed by atoms with Gasteiger partial charge in [-0.3, -0.25) is 4.57 Å². The molecule has 0 unspecified atom stereocenters. The molecule has 9 heavy (non-hydrogen) atoms. The zero-order valence-corrected chi connectivity index (χ0v) is 6.81. The average molecular weight is 170 g/mol. The summed E-state index contributed by atoms with van der Waals surface area (Å²) >= 11 is 3.90. The molecule has 0 aromatic heterocycles. The van der Waals surface area contributed by atoms with E-state index in [1.54, 1.807) is 0 Å². The van der Waals surface area contributed by atoms with Gasteiger partial charge in [-0.15, -0.1) is 0 Å². The first-order chi connectivity index (χ1) is 4.06. The van der Waals surface area contributed by atoms with Gasteiger partial charge in [0.25, 0.3) is 0 Å². The Labute approximate surface area is 60.0 Å². The molecule has 0 saturated carbocycles. The van der Waals surface area contributed by atoms with Crippen molar-refractivity contribution in [3.05, 3.63) is 0 Å². The first-order valence-corrected chi connectivity index (χ1v) is 5.15. The quantitative estimate of drug-likeness (QED) is 0.333. The second kappa shape index (κ2) is 4.34. The fourth-order valence-electron chi connectivity index (χ4n) is 0.430. The van der Waals surface area contributed by atoms with Gasteiger partial charge in [-0.1, -0.05) is 0 Å². The van der Waals surface area contributed by atoms with Crippen LogP contribution < -0.4 is 0 Å². The van der Waals surface area contributed by atoms with Crippen molar-refractivity contribution in [2.45, 2.75) is 12.8 Å². The third-order valence-electron chi connectivity index (χ3n) is 0.858. The van der Waals surface area contributed by atoms with E-state index in [9.17, 15) is 4.57 Å². The summed E-state index contributed by atoms with van der Waals surface area (Å²) in [5.74, 6) is 0.694. The van der Waals surface area contributed by atoms with Crippen LogP contribution in [0.3, 0.4) is 0 Å². The highest BCUT2D eigenvalue weighted by atomic mass is 32.1. The summed E-state index contributed by atoms with van der Waals surface area (Å²) < 4.78 is 10.2. The molecule has 0 bridgehead atoms. The minimum Gasteiger partial charge on any atom is -0.324 e. The predicted molar refractivity (Wildman–Crippen MR) is 40.0 cm³/mol. The van der Waals surface area contributed by atoms with E-state index in [0.717, 1.165) is 6.42 Å². The lowest BCUT2D eigenvalue weighted by molar-refractivity contribution is 0.371. The zero-order chi connectivity index (χ0) is 7.33. The Morgan fingerprint density at radius 3 is 2.22 bits per heavy atom.